The minimum atomic E-state index is 0.157. The fraction of sp³-hybridized carbons (Fsp3) is 0.714. The Labute approximate surface area is 114 Å². The highest BCUT2D eigenvalue weighted by Gasteiger charge is 2.38. The van der Waals surface area contributed by atoms with Crippen molar-refractivity contribution in [3.63, 3.8) is 0 Å². The molecule has 18 heavy (non-hydrogen) atoms. The fourth-order valence-corrected chi connectivity index (χ4v) is 3.50. The number of alkyl halides is 1. The van der Waals surface area contributed by atoms with Gasteiger partial charge in [0, 0.05) is 23.6 Å². The zero-order valence-electron chi connectivity index (χ0n) is 11.2. The van der Waals surface area contributed by atoms with Crippen LogP contribution in [-0.2, 0) is 6.42 Å². The van der Waals surface area contributed by atoms with Crippen LogP contribution in [0.15, 0.2) is 12.4 Å². The zero-order chi connectivity index (χ0) is 13.0. The standard InChI is InChI=1S/C14H21ClN2O/c1-3-14(6-4-5-7-14)12(15)8-11-9-13(18-2)17-10-16-11/h9-10,12H,3-8H2,1-2H3. The van der Waals surface area contributed by atoms with Gasteiger partial charge in [-0.05, 0) is 24.7 Å². The molecule has 1 aliphatic carbocycles. The zero-order valence-corrected chi connectivity index (χ0v) is 11.9. The van der Waals surface area contributed by atoms with E-state index in [1.807, 2.05) is 6.07 Å². The first kappa shape index (κ1) is 13.6. The molecule has 1 aromatic rings. The van der Waals surface area contributed by atoms with Crippen molar-refractivity contribution in [1.29, 1.82) is 0 Å². The molecule has 1 heterocycles. The molecule has 0 N–H and O–H groups in total. The molecule has 1 atom stereocenters. The van der Waals surface area contributed by atoms with Crippen LogP contribution in [0.25, 0.3) is 0 Å². The van der Waals surface area contributed by atoms with E-state index in [1.165, 1.54) is 25.7 Å². The largest absolute Gasteiger partial charge is 0.481 e. The van der Waals surface area contributed by atoms with Crippen LogP contribution < -0.4 is 4.74 Å². The molecule has 0 spiro atoms. The summed E-state index contributed by atoms with van der Waals surface area (Å²) < 4.78 is 5.12. The maximum absolute atomic E-state index is 6.67. The molecule has 1 fully saturated rings. The van der Waals surface area contributed by atoms with Gasteiger partial charge in [0.25, 0.3) is 0 Å². The number of hydrogen-bond donors (Lipinski definition) is 0. The smallest absolute Gasteiger partial charge is 0.216 e. The van der Waals surface area contributed by atoms with Crippen molar-refractivity contribution in [1.82, 2.24) is 9.97 Å². The number of methoxy groups -OCH3 is 1. The summed E-state index contributed by atoms with van der Waals surface area (Å²) in [6.07, 6.45) is 8.62. The lowest BCUT2D eigenvalue weighted by Crippen LogP contribution is -2.29. The minimum absolute atomic E-state index is 0.157. The van der Waals surface area contributed by atoms with Crippen LogP contribution in [-0.4, -0.2) is 22.5 Å². The monoisotopic (exact) mass is 268 g/mol. The first-order valence-corrected chi connectivity index (χ1v) is 7.13. The third-order valence-corrected chi connectivity index (χ3v) is 4.88. The van der Waals surface area contributed by atoms with Gasteiger partial charge in [-0.2, -0.15) is 0 Å². The second-order valence-corrected chi connectivity index (χ2v) is 5.67. The highest BCUT2D eigenvalue weighted by atomic mass is 35.5. The Morgan fingerprint density at radius 3 is 2.72 bits per heavy atom. The summed E-state index contributed by atoms with van der Waals surface area (Å²) in [6, 6.07) is 1.88. The average Bonchev–Trinajstić information content (AvgIpc) is 2.89. The lowest BCUT2D eigenvalue weighted by molar-refractivity contribution is 0.266. The molecule has 0 saturated heterocycles. The van der Waals surface area contributed by atoms with Crippen molar-refractivity contribution < 1.29 is 4.74 Å². The van der Waals surface area contributed by atoms with Crippen molar-refractivity contribution in [2.45, 2.75) is 50.8 Å². The van der Waals surface area contributed by atoms with E-state index in [-0.39, 0.29) is 5.38 Å². The maximum atomic E-state index is 6.67. The molecular formula is C14H21ClN2O. The van der Waals surface area contributed by atoms with E-state index in [0.717, 1.165) is 18.5 Å². The highest BCUT2D eigenvalue weighted by molar-refractivity contribution is 6.21. The van der Waals surface area contributed by atoms with Gasteiger partial charge in [0.1, 0.15) is 6.33 Å². The summed E-state index contributed by atoms with van der Waals surface area (Å²) in [5.74, 6) is 0.612. The Kier molecular flexibility index (Phi) is 4.44. The van der Waals surface area contributed by atoms with Crippen molar-refractivity contribution in [2.24, 2.45) is 5.41 Å². The molecule has 1 unspecified atom stereocenters. The van der Waals surface area contributed by atoms with Crippen molar-refractivity contribution in [3.8, 4) is 5.88 Å². The van der Waals surface area contributed by atoms with Gasteiger partial charge in [-0.1, -0.05) is 19.8 Å². The topological polar surface area (TPSA) is 35.0 Å². The highest BCUT2D eigenvalue weighted by Crippen LogP contribution is 2.46. The third-order valence-electron chi connectivity index (χ3n) is 4.26. The molecular weight excluding hydrogens is 248 g/mol. The molecule has 0 bridgehead atoms. The number of rotatable bonds is 5. The van der Waals surface area contributed by atoms with E-state index >= 15 is 0 Å². The van der Waals surface area contributed by atoms with Gasteiger partial charge in [0.2, 0.25) is 5.88 Å². The molecule has 0 aliphatic heterocycles. The number of hydrogen-bond acceptors (Lipinski definition) is 3. The molecule has 3 nitrogen and oxygen atoms in total. The van der Waals surface area contributed by atoms with Crippen LogP contribution in [0.4, 0.5) is 0 Å². The number of nitrogens with zero attached hydrogens (tertiary/aromatic N) is 2. The van der Waals surface area contributed by atoms with E-state index in [9.17, 15) is 0 Å². The van der Waals surface area contributed by atoms with Crippen LogP contribution >= 0.6 is 11.6 Å². The normalized spacial score (nSPS) is 19.7. The van der Waals surface area contributed by atoms with Crippen LogP contribution in [0, 0.1) is 5.41 Å². The van der Waals surface area contributed by atoms with Crippen molar-refractivity contribution in [2.75, 3.05) is 7.11 Å². The second-order valence-electron chi connectivity index (χ2n) is 5.15. The summed E-state index contributed by atoms with van der Waals surface area (Å²) in [4.78, 5) is 8.31. The third kappa shape index (κ3) is 2.77. The Morgan fingerprint density at radius 2 is 2.11 bits per heavy atom. The lowest BCUT2D eigenvalue weighted by Gasteiger charge is -2.32. The minimum Gasteiger partial charge on any atom is -0.481 e. The van der Waals surface area contributed by atoms with Gasteiger partial charge < -0.3 is 4.74 Å². The molecule has 2 rings (SSSR count). The van der Waals surface area contributed by atoms with E-state index in [2.05, 4.69) is 16.9 Å². The molecule has 1 aromatic heterocycles. The fourth-order valence-electron chi connectivity index (χ4n) is 2.97. The predicted octanol–water partition coefficient (Wildman–Crippen LogP) is 3.61. The Hall–Kier alpha value is -0.830. The van der Waals surface area contributed by atoms with E-state index in [1.54, 1.807) is 13.4 Å². The second kappa shape index (κ2) is 5.87. The van der Waals surface area contributed by atoms with Gasteiger partial charge >= 0.3 is 0 Å². The molecule has 0 aromatic carbocycles. The Balaban J connectivity index is 2.07. The SMILES string of the molecule is CCC1(C(Cl)Cc2cc(OC)ncn2)CCCC1. The van der Waals surface area contributed by atoms with Crippen molar-refractivity contribution in [3.05, 3.63) is 18.1 Å². The summed E-state index contributed by atoms with van der Waals surface area (Å²) in [6.45, 7) is 2.25. The quantitative estimate of drug-likeness (QED) is 0.766. The Morgan fingerprint density at radius 1 is 1.39 bits per heavy atom. The van der Waals surface area contributed by atoms with E-state index < -0.39 is 0 Å². The molecule has 0 amide bonds. The summed E-state index contributed by atoms with van der Waals surface area (Å²) in [5.41, 5.74) is 1.28. The first-order valence-electron chi connectivity index (χ1n) is 6.69. The summed E-state index contributed by atoms with van der Waals surface area (Å²) >= 11 is 6.67. The van der Waals surface area contributed by atoms with Gasteiger partial charge in [-0.3, -0.25) is 0 Å². The predicted molar refractivity (Wildman–Crippen MR) is 73.1 cm³/mol. The number of ether oxygens (including phenoxy) is 1. The Bertz CT molecular complexity index is 391. The lowest BCUT2D eigenvalue weighted by atomic mass is 9.78. The maximum Gasteiger partial charge on any atom is 0.216 e. The van der Waals surface area contributed by atoms with Crippen LogP contribution in [0.5, 0.6) is 5.88 Å². The summed E-state index contributed by atoms with van der Waals surface area (Å²) in [5, 5.41) is 0.157. The number of halogens is 1. The molecule has 100 valence electrons. The van der Waals surface area contributed by atoms with Gasteiger partial charge in [0.05, 0.1) is 7.11 Å². The average molecular weight is 269 g/mol. The molecule has 4 heteroatoms. The van der Waals surface area contributed by atoms with Crippen molar-refractivity contribution >= 4 is 11.6 Å². The molecule has 1 aliphatic rings. The number of aromatic nitrogens is 2. The first-order chi connectivity index (χ1) is 8.70. The van der Waals surface area contributed by atoms with E-state index in [4.69, 9.17) is 16.3 Å². The van der Waals surface area contributed by atoms with Gasteiger partial charge in [0.15, 0.2) is 0 Å². The summed E-state index contributed by atoms with van der Waals surface area (Å²) in [7, 11) is 1.62. The van der Waals surface area contributed by atoms with Gasteiger partial charge in [-0.15, -0.1) is 11.6 Å². The van der Waals surface area contributed by atoms with Crippen LogP contribution in [0.1, 0.15) is 44.7 Å². The van der Waals surface area contributed by atoms with Gasteiger partial charge in [-0.25, -0.2) is 9.97 Å². The van der Waals surface area contributed by atoms with E-state index in [0.29, 0.717) is 11.3 Å². The van der Waals surface area contributed by atoms with Crippen LogP contribution in [0.3, 0.4) is 0 Å². The molecule has 0 radical (unpaired) electrons. The molecule has 1 saturated carbocycles. The van der Waals surface area contributed by atoms with Crippen LogP contribution in [0.2, 0.25) is 0 Å².